The van der Waals surface area contributed by atoms with E-state index in [0.717, 1.165) is 21.0 Å². The van der Waals surface area contributed by atoms with Gasteiger partial charge in [0.1, 0.15) is 5.69 Å². The molecule has 1 aliphatic rings. The maximum Gasteiger partial charge on any atom is 0.294 e. The van der Waals surface area contributed by atoms with Gasteiger partial charge in [0.2, 0.25) is 0 Å². The van der Waals surface area contributed by atoms with Crippen LogP contribution < -0.4 is 5.32 Å². The summed E-state index contributed by atoms with van der Waals surface area (Å²) in [5.41, 5.74) is 2.54. The fourth-order valence-electron chi connectivity index (χ4n) is 2.00. The van der Waals surface area contributed by atoms with Crippen LogP contribution in [0.4, 0.5) is 17.1 Å². The van der Waals surface area contributed by atoms with E-state index in [2.05, 4.69) is 5.32 Å². The van der Waals surface area contributed by atoms with Gasteiger partial charge in [-0.3, -0.25) is 10.1 Å². The highest BCUT2D eigenvalue weighted by Gasteiger charge is 2.24. The molecule has 0 spiro atoms. The molecule has 0 unspecified atom stereocenters. The normalized spacial score (nSPS) is 12.3. The molecule has 0 atom stereocenters. The summed E-state index contributed by atoms with van der Waals surface area (Å²) in [6.45, 7) is 1.87. The van der Waals surface area contributed by atoms with E-state index in [0.29, 0.717) is 5.69 Å². The molecule has 2 aromatic carbocycles. The maximum absolute atomic E-state index is 11.1. The number of rotatable bonds is 1. The van der Waals surface area contributed by atoms with E-state index in [1.807, 2.05) is 37.3 Å². The highest BCUT2D eigenvalue weighted by molar-refractivity contribution is 7.99. The van der Waals surface area contributed by atoms with Crippen molar-refractivity contribution in [1.82, 2.24) is 0 Å². The number of para-hydroxylation sites is 1. The Labute approximate surface area is 108 Å². The largest absolute Gasteiger partial charge is 0.348 e. The summed E-state index contributed by atoms with van der Waals surface area (Å²) in [7, 11) is 0. The molecule has 1 heterocycles. The molecule has 2 aromatic rings. The topological polar surface area (TPSA) is 55.2 Å². The number of hydrogen-bond acceptors (Lipinski definition) is 4. The second kappa shape index (κ2) is 4.03. The van der Waals surface area contributed by atoms with Crippen molar-refractivity contribution in [3.05, 3.63) is 52.1 Å². The predicted molar refractivity (Wildman–Crippen MR) is 71.7 cm³/mol. The Morgan fingerprint density at radius 1 is 1.22 bits per heavy atom. The SMILES string of the molecule is Cc1cc2c(c([N+](=O)[O-])c1)Nc1ccccc1S2. The first-order valence-corrected chi connectivity index (χ1v) is 6.30. The first-order chi connectivity index (χ1) is 8.65. The maximum atomic E-state index is 11.1. The highest BCUT2D eigenvalue weighted by atomic mass is 32.2. The van der Waals surface area contributed by atoms with Crippen molar-refractivity contribution >= 4 is 28.8 Å². The van der Waals surface area contributed by atoms with Crippen LogP contribution in [0.25, 0.3) is 0 Å². The highest BCUT2D eigenvalue weighted by Crippen LogP contribution is 2.47. The smallest absolute Gasteiger partial charge is 0.294 e. The van der Waals surface area contributed by atoms with E-state index in [9.17, 15) is 10.1 Å². The lowest BCUT2D eigenvalue weighted by atomic mass is 10.1. The molecule has 0 aliphatic carbocycles. The van der Waals surface area contributed by atoms with Gasteiger partial charge in [-0.1, -0.05) is 23.9 Å². The molecule has 0 fully saturated rings. The van der Waals surface area contributed by atoms with Gasteiger partial charge < -0.3 is 5.32 Å². The fourth-order valence-corrected chi connectivity index (χ4v) is 3.11. The lowest BCUT2D eigenvalue weighted by Gasteiger charge is -2.20. The van der Waals surface area contributed by atoms with Crippen molar-refractivity contribution in [1.29, 1.82) is 0 Å². The van der Waals surface area contributed by atoms with E-state index < -0.39 is 0 Å². The van der Waals surface area contributed by atoms with Gasteiger partial charge in [-0.15, -0.1) is 0 Å². The average Bonchev–Trinajstić information content (AvgIpc) is 2.35. The summed E-state index contributed by atoms with van der Waals surface area (Å²) < 4.78 is 0. The summed E-state index contributed by atoms with van der Waals surface area (Å²) in [5, 5.41) is 14.2. The third-order valence-electron chi connectivity index (χ3n) is 2.79. The van der Waals surface area contributed by atoms with E-state index in [1.54, 1.807) is 17.8 Å². The molecule has 1 N–H and O–H groups in total. The quantitative estimate of drug-likeness (QED) is 0.527. The molecule has 1 aliphatic heterocycles. The minimum Gasteiger partial charge on any atom is -0.348 e. The molecule has 0 saturated carbocycles. The van der Waals surface area contributed by atoms with E-state index in [4.69, 9.17) is 0 Å². The number of nitrogens with zero attached hydrogens (tertiary/aromatic N) is 1. The van der Waals surface area contributed by atoms with Crippen LogP contribution in [0.5, 0.6) is 0 Å². The molecule has 90 valence electrons. The van der Waals surface area contributed by atoms with Crippen molar-refractivity contribution in [3.63, 3.8) is 0 Å². The minimum absolute atomic E-state index is 0.131. The molecule has 18 heavy (non-hydrogen) atoms. The van der Waals surface area contributed by atoms with Gasteiger partial charge in [0.15, 0.2) is 0 Å². The number of hydrogen-bond donors (Lipinski definition) is 1. The molecule has 0 bridgehead atoms. The minimum atomic E-state index is -0.340. The van der Waals surface area contributed by atoms with Crippen molar-refractivity contribution in [2.45, 2.75) is 16.7 Å². The lowest BCUT2D eigenvalue weighted by molar-refractivity contribution is -0.384. The summed E-state index contributed by atoms with van der Waals surface area (Å²) in [6.07, 6.45) is 0. The van der Waals surface area contributed by atoms with Gasteiger partial charge in [0.25, 0.3) is 5.69 Å². The Bertz CT molecular complexity index is 655. The number of nitro groups is 1. The number of nitro benzene ring substituents is 1. The molecule has 0 aromatic heterocycles. The van der Waals surface area contributed by atoms with Crippen molar-refractivity contribution in [3.8, 4) is 0 Å². The monoisotopic (exact) mass is 258 g/mol. The predicted octanol–water partition coefficient (Wildman–Crippen LogP) is 4.11. The van der Waals surface area contributed by atoms with Crippen molar-refractivity contribution < 1.29 is 4.92 Å². The Hall–Kier alpha value is -2.01. The van der Waals surface area contributed by atoms with Crippen LogP contribution in [0.1, 0.15) is 5.56 Å². The van der Waals surface area contributed by atoms with E-state index in [-0.39, 0.29) is 10.6 Å². The van der Waals surface area contributed by atoms with Gasteiger partial charge in [-0.05, 0) is 30.7 Å². The van der Waals surface area contributed by atoms with Crippen LogP contribution in [0.15, 0.2) is 46.2 Å². The molecular formula is C13H10N2O2S. The molecule has 0 saturated heterocycles. The number of aryl methyl sites for hydroxylation is 1. The fraction of sp³-hybridized carbons (Fsp3) is 0.0769. The van der Waals surface area contributed by atoms with Crippen molar-refractivity contribution in [2.24, 2.45) is 0 Å². The average molecular weight is 258 g/mol. The van der Waals surface area contributed by atoms with E-state index >= 15 is 0 Å². The molecule has 0 amide bonds. The lowest BCUT2D eigenvalue weighted by Crippen LogP contribution is -2.03. The zero-order valence-corrected chi connectivity index (χ0v) is 10.5. The number of anilines is 2. The van der Waals surface area contributed by atoms with Crippen LogP contribution in [0.3, 0.4) is 0 Å². The van der Waals surface area contributed by atoms with Gasteiger partial charge in [-0.25, -0.2) is 0 Å². The molecular weight excluding hydrogens is 248 g/mol. The Kier molecular flexibility index (Phi) is 2.48. The Morgan fingerprint density at radius 2 is 2.00 bits per heavy atom. The summed E-state index contributed by atoms with van der Waals surface area (Å²) in [4.78, 5) is 12.7. The Balaban J connectivity index is 2.18. The summed E-state index contributed by atoms with van der Waals surface area (Å²) in [6, 6.07) is 11.4. The van der Waals surface area contributed by atoms with Crippen molar-refractivity contribution in [2.75, 3.05) is 5.32 Å². The Morgan fingerprint density at radius 3 is 2.78 bits per heavy atom. The number of nitrogens with one attached hydrogen (secondary N) is 1. The van der Waals surface area contributed by atoms with E-state index in [1.165, 1.54) is 0 Å². The van der Waals surface area contributed by atoms with Crippen LogP contribution >= 0.6 is 11.8 Å². The van der Waals surface area contributed by atoms with Gasteiger partial charge in [-0.2, -0.15) is 0 Å². The van der Waals surface area contributed by atoms with Crippen LogP contribution in [0, 0.1) is 17.0 Å². The third-order valence-corrected chi connectivity index (χ3v) is 3.91. The van der Waals surface area contributed by atoms with Gasteiger partial charge >= 0.3 is 0 Å². The van der Waals surface area contributed by atoms with Crippen LogP contribution in [-0.4, -0.2) is 4.92 Å². The second-order valence-corrected chi connectivity index (χ2v) is 5.22. The zero-order valence-electron chi connectivity index (χ0n) is 9.64. The number of benzene rings is 2. The molecule has 5 heteroatoms. The molecule has 4 nitrogen and oxygen atoms in total. The zero-order chi connectivity index (χ0) is 12.7. The molecule has 3 rings (SSSR count). The third kappa shape index (κ3) is 1.73. The van der Waals surface area contributed by atoms with Gasteiger partial charge in [0.05, 0.1) is 10.6 Å². The van der Waals surface area contributed by atoms with Crippen LogP contribution in [-0.2, 0) is 0 Å². The van der Waals surface area contributed by atoms with Crippen LogP contribution in [0.2, 0.25) is 0 Å². The van der Waals surface area contributed by atoms with Gasteiger partial charge in [0, 0.05) is 15.9 Å². The standard InChI is InChI=1S/C13H10N2O2S/c1-8-6-10(15(16)17)13-12(7-8)18-11-5-3-2-4-9(11)14-13/h2-7,14H,1H3. The second-order valence-electron chi connectivity index (χ2n) is 4.14. The molecule has 0 radical (unpaired) electrons. The first kappa shape index (κ1) is 11.1. The first-order valence-electron chi connectivity index (χ1n) is 5.48. The summed E-state index contributed by atoms with van der Waals surface area (Å²) >= 11 is 1.56. The summed E-state index contributed by atoms with van der Waals surface area (Å²) in [5.74, 6) is 0. The number of fused-ring (bicyclic) bond motifs is 2.